The molecule has 6 heteroatoms. The Bertz CT molecular complexity index is 375. The van der Waals surface area contributed by atoms with Gasteiger partial charge in [0.2, 0.25) is 5.91 Å². The SMILES string of the molecule is CC(C)C1SCC(C(=O)O)N1C(=O)C1CCCC1N. The summed E-state index contributed by atoms with van der Waals surface area (Å²) in [4.78, 5) is 25.6. The number of nitrogens with zero attached hydrogens (tertiary/aromatic N) is 1. The fourth-order valence-electron chi connectivity index (χ4n) is 3.00. The van der Waals surface area contributed by atoms with E-state index in [2.05, 4.69) is 0 Å². The minimum absolute atomic E-state index is 0.0404. The fraction of sp³-hybridized carbons (Fsp3) is 0.846. The van der Waals surface area contributed by atoms with E-state index in [4.69, 9.17) is 5.73 Å². The molecule has 3 N–H and O–H groups in total. The van der Waals surface area contributed by atoms with Crippen molar-refractivity contribution >= 4 is 23.6 Å². The normalized spacial score (nSPS) is 35.1. The predicted molar refractivity (Wildman–Crippen MR) is 74.7 cm³/mol. The molecule has 1 heterocycles. The molecule has 1 saturated heterocycles. The van der Waals surface area contributed by atoms with Crippen LogP contribution in [0.3, 0.4) is 0 Å². The van der Waals surface area contributed by atoms with Crippen molar-refractivity contribution in [2.45, 2.75) is 50.6 Å². The van der Waals surface area contributed by atoms with Gasteiger partial charge in [-0.3, -0.25) is 4.79 Å². The van der Waals surface area contributed by atoms with Crippen molar-refractivity contribution in [3.8, 4) is 0 Å². The number of hydrogen-bond donors (Lipinski definition) is 2. The lowest BCUT2D eigenvalue weighted by atomic mass is 10.0. The lowest BCUT2D eigenvalue weighted by molar-refractivity contribution is -0.151. The third-order valence-electron chi connectivity index (χ3n) is 4.03. The van der Waals surface area contributed by atoms with Gasteiger partial charge < -0.3 is 15.7 Å². The number of rotatable bonds is 3. The summed E-state index contributed by atoms with van der Waals surface area (Å²) in [6.45, 7) is 4.05. The van der Waals surface area contributed by atoms with Gasteiger partial charge in [0.1, 0.15) is 6.04 Å². The molecule has 0 bridgehead atoms. The first-order valence-corrected chi connectivity index (χ1v) is 7.90. The van der Waals surface area contributed by atoms with Gasteiger partial charge in [-0.25, -0.2) is 4.79 Å². The van der Waals surface area contributed by atoms with Crippen LogP contribution < -0.4 is 5.73 Å². The summed E-state index contributed by atoms with van der Waals surface area (Å²) in [6, 6.07) is -0.807. The van der Waals surface area contributed by atoms with Gasteiger partial charge in [0, 0.05) is 11.8 Å². The summed E-state index contributed by atoms with van der Waals surface area (Å²) in [5.41, 5.74) is 5.99. The molecule has 0 radical (unpaired) electrons. The Morgan fingerprint density at radius 2 is 2.05 bits per heavy atom. The van der Waals surface area contributed by atoms with Crippen LogP contribution in [-0.4, -0.2) is 45.1 Å². The van der Waals surface area contributed by atoms with E-state index in [1.54, 1.807) is 16.7 Å². The zero-order valence-electron chi connectivity index (χ0n) is 11.4. The van der Waals surface area contributed by atoms with Crippen molar-refractivity contribution in [1.29, 1.82) is 0 Å². The topological polar surface area (TPSA) is 83.6 Å². The molecule has 5 nitrogen and oxygen atoms in total. The summed E-state index contributed by atoms with van der Waals surface area (Å²) < 4.78 is 0. The summed E-state index contributed by atoms with van der Waals surface area (Å²) in [5.74, 6) is -0.430. The summed E-state index contributed by atoms with van der Waals surface area (Å²) in [5, 5.41) is 9.26. The first kappa shape index (κ1) is 14.7. The van der Waals surface area contributed by atoms with Gasteiger partial charge in [-0.05, 0) is 18.8 Å². The molecule has 0 spiro atoms. The van der Waals surface area contributed by atoms with Crippen LogP contribution in [0.4, 0.5) is 0 Å². The molecule has 1 saturated carbocycles. The third kappa shape index (κ3) is 2.74. The molecule has 4 atom stereocenters. The average Bonchev–Trinajstić information content (AvgIpc) is 2.93. The predicted octanol–water partition coefficient (Wildman–Crippen LogP) is 1.12. The number of nitrogens with two attached hydrogens (primary N) is 1. The molecule has 19 heavy (non-hydrogen) atoms. The number of carbonyl (C=O) groups excluding carboxylic acids is 1. The van der Waals surface area contributed by atoms with Gasteiger partial charge in [0.25, 0.3) is 0 Å². The van der Waals surface area contributed by atoms with E-state index in [1.807, 2.05) is 13.8 Å². The largest absolute Gasteiger partial charge is 0.480 e. The highest BCUT2D eigenvalue weighted by Gasteiger charge is 2.46. The molecule has 0 aromatic rings. The molecule has 0 aromatic heterocycles. The van der Waals surface area contributed by atoms with E-state index >= 15 is 0 Å². The van der Waals surface area contributed by atoms with E-state index in [0.717, 1.165) is 19.3 Å². The van der Waals surface area contributed by atoms with E-state index in [0.29, 0.717) is 5.75 Å². The van der Waals surface area contributed by atoms with Crippen molar-refractivity contribution in [2.24, 2.45) is 17.6 Å². The molecule has 108 valence electrons. The maximum Gasteiger partial charge on any atom is 0.327 e. The number of hydrogen-bond acceptors (Lipinski definition) is 4. The lowest BCUT2D eigenvalue weighted by Gasteiger charge is -2.32. The summed E-state index contributed by atoms with van der Waals surface area (Å²) in [7, 11) is 0. The Morgan fingerprint density at radius 3 is 2.53 bits per heavy atom. The zero-order valence-corrected chi connectivity index (χ0v) is 12.2. The first-order chi connectivity index (χ1) is 8.93. The Kier molecular flexibility index (Phi) is 4.40. The Balaban J connectivity index is 2.20. The van der Waals surface area contributed by atoms with Crippen molar-refractivity contribution in [3.05, 3.63) is 0 Å². The number of carboxylic acids is 1. The molecule has 2 fully saturated rings. The van der Waals surface area contributed by atoms with Crippen molar-refractivity contribution in [2.75, 3.05) is 5.75 Å². The second-order valence-electron chi connectivity index (χ2n) is 5.77. The van der Waals surface area contributed by atoms with E-state index in [9.17, 15) is 14.7 Å². The van der Waals surface area contributed by atoms with Crippen LogP contribution in [0.2, 0.25) is 0 Å². The zero-order chi connectivity index (χ0) is 14.2. The monoisotopic (exact) mass is 286 g/mol. The van der Waals surface area contributed by atoms with Gasteiger partial charge in [-0.1, -0.05) is 20.3 Å². The first-order valence-electron chi connectivity index (χ1n) is 6.85. The third-order valence-corrected chi connectivity index (χ3v) is 5.65. The quantitative estimate of drug-likeness (QED) is 0.812. The number of carbonyl (C=O) groups is 2. The highest BCUT2D eigenvalue weighted by atomic mass is 32.2. The molecule has 4 unspecified atom stereocenters. The van der Waals surface area contributed by atoms with Gasteiger partial charge >= 0.3 is 5.97 Å². The van der Waals surface area contributed by atoms with Gasteiger partial charge in [-0.15, -0.1) is 11.8 Å². The van der Waals surface area contributed by atoms with E-state index in [-0.39, 0.29) is 29.2 Å². The average molecular weight is 286 g/mol. The maximum absolute atomic E-state index is 12.7. The molecule has 1 aliphatic heterocycles. The minimum atomic E-state index is -0.907. The minimum Gasteiger partial charge on any atom is -0.480 e. The van der Waals surface area contributed by atoms with Crippen LogP contribution in [0.25, 0.3) is 0 Å². The second kappa shape index (κ2) is 5.71. The Morgan fingerprint density at radius 1 is 1.37 bits per heavy atom. The molecule has 2 aliphatic rings. The van der Waals surface area contributed by atoms with Gasteiger partial charge in [0.05, 0.1) is 11.3 Å². The van der Waals surface area contributed by atoms with Crippen LogP contribution >= 0.6 is 11.8 Å². The summed E-state index contributed by atoms with van der Waals surface area (Å²) in [6.07, 6.45) is 2.61. The second-order valence-corrected chi connectivity index (χ2v) is 6.92. The van der Waals surface area contributed by atoms with E-state index < -0.39 is 12.0 Å². The van der Waals surface area contributed by atoms with Crippen molar-refractivity contribution < 1.29 is 14.7 Å². The number of amides is 1. The molecular formula is C13H22N2O3S. The fourth-order valence-corrected chi connectivity index (χ4v) is 4.48. The standard InChI is InChI=1S/C13H22N2O3S/c1-7(2)12-15(10(6-19-12)13(17)18)11(16)8-4-3-5-9(8)14/h7-10,12H,3-6,14H2,1-2H3,(H,17,18). The highest BCUT2D eigenvalue weighted by Crippen LogP contribution is 2.37. The van der Waals surface area contributed by atoms with Crippen LogP contribution in [0.15, 0.2) is 0 Å². The Hall–Kier alpha value is -0.750. The molecular weight excluding hydrogens is 264 g/mol. The van der Waals surface area contributed by atoms with Crippen LogP contribution in [0.1, 0.15) is 33.1 Å². The maximum atomic E-state index is 12.7. The van der Waals surface area contributed by atoms with Crippen LogP contribution in [0, 0.1) is 11.8 Å². The highest BCUT2D eigenvalue weighted by molar-refractivity contribution is 8.00. The van der Waals surface area contributed by atoms with Crippen LogP contribution in [-0.2, 0) is 9.59 Å². The van der Waals surface area contributed by atoms with E-state index in [1.165, 1.54) is 0 Å². The number of aliphatic carboxylic acids is 1. The van der Waals surface area contributed by atoms with Crippen LogP contribution in [0.5, 0.6) is 0 Å². The molecule has 0 aromatic carbocycles. The van der Waals surface area contributed by atoms with Gasteiger partial charge in [0.15, 0.2) is 0 Å². The van der Waals surface area contributed by atoms with Crippen molar-refractivity contribution in [3.63, 3.8) is 0 Å². The summed E-state index contributed by atoms with van der Waals surface area (Å²) >= 11 is 1.57. The molecule has 2 rings (SSSR count). The number of thioether (sulfide) groups is 1. The Labute approximate surface area is 117 Å². The van der Waals surface area contributed by atoms with Gasteiger partial charge in [-0.2, -0.15) is 0 Å². The smallest absolute Gasteiger partial charge is 0.327 e. The van der Waals surface area contributed by atoms with Crippen molar-refractivity contribution in [1.82, 2.24) is 4.90 Å². The number of carboxylic acid groups (broad SMARTS) is 1. The molecule has 1 aliphatic carbocycles. The lowest BCUT2D eigenvalue weighted by Crippen LogP contribution is -2.51. The molecule has 1 amide bonds.